The van der Waals surface area contributed by atoms with E-state index in [1.54, 1.807) is 4.68 Å². The number of aromatic nitrogens is 2. The molecule has 1 fully saturated rings. The predicted molar refractivity (Wildman–Crippen MR) is 83.5 cm³/mol. The van der Waals surface area contributed by atoms with Gasteiger partial charge in [0, 0.05) is 32.1 Å². The zero-order chi connectivity index (χ0) is 15.7. The number of fused-ring (bicyclic) bond motifs is 1. The Morgan fingerprint density at radius 1 is 1.32 bits per heavy atom. The predicted octanol–water partition coefficient (Wildman–Crippen LogP) is 1.50. The van der Waals surface area contributed by atoms with E-state index in [1.165, 1.54) is 5.56 Å². The first-order valence-electron chi connectivity index (χ1n) is 8.23. The average Bonchev–Trinajstić information content (AvgIpc) is 3.09. The standard InChI is InChI=1S/C16H24N4O2/c1-3-14(21)20-9-5-6-11(10-20)16(22)17-15-12-7-4-8-13(12)18-19(15)2/h11H,3-10H2,1-2H3,(H,17,22). The van der Waals surface area contributed by atoms with Gasteiger partial charge >= 0.3 is 0 Å². The van der Waals surface area contributed by atoms with Crippen LogP contribution in [0.4, 0.5) is 5.82 Å². The Balaban J connectivity index is 1.68. The van der Waals surface area contributed by atoms with Crippen LogP contribution in [0.1, 0.15) is 43.9 Å². The first-order chi connectivity index (χ1) is 10.6. The van der Waals surface area contributed by atoms with Crippen molar-refractivity contribution in [1.29, 1.82) is 0 Å². The van der Waals surface area contributed by atoms with Gasteiger partial charge in [0.25, 0.3) is 0 Å². The van der Waals surface area contributed by atoms with Crippen LogP contribution in [0.15, 0.2) is 0 Å². The van der Waals surface area contributed by atoms with Crippen molar-refractivity contribution in [3.05, 3.63) is 11.3 Å². The van der Waals surface area contributed by atoms with E-state index < -0.39 is 0 Å². The number of rotatable bonds is 3. The number of nitrogens with zero attached hydrogens (tertiary/aromatic N) is 3. The van der Waals surface area contributed by atoms with E-state index in [1.807, 2.05) is 18.9 Å². The van der Waals surface area contributed by atoms with Crippen LogP contribution in [-0.2, 0) is 29.5 Å². The highest BCUT2D eigenvalue weighted by Gasteiger charge is 2.29. The van der Waals surface area contributed by atoms with Gasteiger partial charge in [-0.25, -0.2) is 0 Å². The molecular formula is C16H24N4O2. The molecule has 22 heavy (non-hydrogen) atoms. The van der Waals surface area contributed by atoms with Gasteiger partial charge in [-0.05, 0) is 32.1 Å². The van der Waals surface area contributed by atoms with Crippen LogP contribution in [0.2, 0.25) is 0 Å². The normalized spacial score (nSPS) is 20.8. The molecule has 1 N–H and O–H groups in total. The molecule has 0 bridgehead atoms. The number of likely N-dealkylation sites (tertiary alicyclic amines) is 1. The molecule has 1 aromatic rings. The Morgan fingerprint density at radius 2 is 2.14 bits per heavy atom. The monoisotopic (exact) mass is 304 g/mol. The fourth-order valence-corrected chi connectivity index (χ4v) is 3.54. The molecule has 6 heteroatoms. The Bertz CT molecular complexity index is 593. The lowest BCUT2D eigenvalue weighted by Gasteiger charge is -2.32. The molecular weight excluding hydrogens is 280 g/mol. The molecule has 0 saturated carbocycles. The smallest absolute Gasteiger partial charge is 0.230 e. The number of aryl methyl sites for hydroxylation is 2. The van der Waals surface area contributed by atoms with Crippen LogP contribution in [0.5, 0.6) is 0 Å². The number of hydrogen-bond donors (Lipinski definition) is 1. The molecule has 6 nitrogen and oxygen atoms in total. The molecule has 0 aromatic carbocycles. The van der Waals surface area contributed by atoms with Gasteiger partial charge in [-0.15, -0.1) is 0 Å². The summed E-state index contributed by atoms with van der Waals surface area (Å²) in [6.45, 7) is 3.18. The fourth-order valence-electron chi connectivity index (χ4n) is 3.54. The molecule has 2 amide bonds. The summed E-state index contributed by atoms with van der Waals surface area (Å²) in [5.41, 5.74) is 2.30. The van der Waals surface area contributed by atoms with Crippen molar-refractivity contribution in [1.82, 2.24) is 14.7 Å². The number of hydrogen-bond acceptors (Lipinski definition) is 3. The van der Waals surface area contributed by atoms with E-state index >= 15 is 0 Å². The van der Waals surface area contributed by atoms with Crippen molar-refractivity contribution in [2.45, 2.75) is 45.4 Å². The lowest BCUT2D eigenvalue weighted by Crippen LogP contribution is -2.43. The van der Waals surface area contributed by atoms with Gasteiger partial charge in [-0.2, -0.15) is 5.10 Å². The second-order valence-corrected chi connectivity index (χ2v) is 6.27. The van der Waals surface area contributed by atoms with Crippen LogP contribution < -0.4 is 5.32 Å². The van der Waals surface area contributed by atoms with Crippen LogP contribution in [-0.4, -0.2) is 39.6 Å². The molecule has 1 aliphatic heterocycles. The third-order valence-corrected chi connectivity index (χ3v) is 4.76. The molecule has 0 spiro atoms. The van der Waals surface area contributed by atoms with Gasteiger partial charge < -0.3 is 10.2 Å². The highest BCUT2D eigenvalue weighted by atomic mass is 16.2. The van der Waals surface area contributed by atoms with E-state index in [0.29, 0.717) is 13.0 Å². The minimum absolute atomic E-state index is 0.0197. The van der Waals surface area contributed by atoms with Gasteiger partial charge in [-0.1, -0.05) is 6.92 Å². The molecule has 1 aromatic heterocycles. The lowest BCUT2D eigenvalue weighted by atomic mass is 9.97. The summed E-state index contributed by atoms with van der Waals surface area (Å²) in [6.07, 6.45) is 5.35. The van der Waals surface area contributed by atoms with Gasteiger partial charge in [0.1, 0.15) is 5.82 Å². The molecule has 2 heterocycles. The second-order valence-electron chi connectivity index (χ2n) is 6.27. The van der Waals surface area contributed by atoms with Crippen molar-refractivity contribution in [3.8, 4) is 0 Å². The number of piperidine rings is 1. The van der Waals surface area contributed by atoms with Crippen molar-refractivity contribution < 1.29 is 9.59 Å². The summed E-state index contributed by atoms with van der Waals surface area (Å²) < 4.78 is 1.78. The summed E-state index contributed by atoms with van der Waals surface area (Å²) in [4.78, 5) is 26.2. The summed E-state index contributed by atoms with van der Waals surface area (Å²) in [7, 11) is 1.88. The van der Waals surface area contributed by atoms with Crippen molar-refractivity contribution in [3.63, 3.8) is 0 Å². The number of amides is 2. The highest BCUT2D eigenvalue weighted by molar-refractivity contribution is 5.93. The first-order valence-corrected chi connectivity index (χ1v) is 8.23. The van der Waals surface area contributed by atoms with Gasteiger partial charge in [-0.3, -0.25) is 14.3 Å². The molecule has 0 radical (unpaired) electrons. The molecule has 2 aliphatic rings. The largest absolute Gasteiger partial charge is 0.342 e. The van der Waals surface area contributed by atoms with Crippen LogP contribution in [0.25, 0.3) is 0 Å². The Labute approximate surface area is 130 Å². The maximum atomic E-state index is 12.6. The van der Waals surface area contributed by atoms with E-state index in [9.17, 15) is 9.59 Å². The van der Waals surface area contributed by atoms with Crippen molar-refractivity contribution >= 4 is 17.6 Å². The quantitative estimate of drug-likeness (QED) is 0.920. The maximum absolute atomic E-state index is 12.6. The molecule has 120 valence electrons. The topological polar surface area (TPSA) is 67.2 Å². The third kappa shape index (κ3) is 2.74. The SMILES string of the molecule is CCC(=O)N1CCCC(C(=O)Nc2c3c(nn2C)CCC3)C1. The van der Waals surface area contributed by atoms with E-state index in [4.69, 9.17) is 0 Å². The minimum Gasteiger partial charge on any atom is -0.342 e. The first kappa shape index (κ1) is 15.1. The number of nitrogens with one attached hydrogen (secondary N) is 1. The van der Waals surface area contributed by atoms with Crippen LogP contribution >= 0.6 is 0 Å². The average molecular weight is 304 g/mol. The van der Waals surface area contributed by atoms with Crippen molar-refractivity contribution in [2.24, 2.45) is 13.0 Å². The summed E-state index contributed by atoms with van der Waals surface area (Å²) in [5, 5.41) is 7.54. The van der Waals surface area contributed by atoms with Crippen LogP contribution in [0, 0.1) is 5.92 Å². The zero-order valence-corrected chi connectivity index (χ0v) is 13.4. The molecule has 1 aliphatic carbocycles. The fraction of sp³-hybridized carbons (Fsp3) is 0.688. The molecule has 3 rings (SSSR count). The van der Waals surface area contributed by atoms with E-state index in [0.717, 1.165) is 50.2 Å². The van der Waals surface area contributed by atoms with Crippen LogP contribution in [0.3, 0.4) is 0 Å². The number of anilines is 1. The minimum atomic E-state index is -0.115. The molecule has 1 atom stereocenters. The number of carbonyl (C=O) groups is 2. The van der Waals surface area contributed by atoms with Gasteiger partial charge in [0.2, 0.25) is 11.8 Å². The Kier molecular flexibility index (Phi) is 4.18. The molecule has 1 saturated heterocycles. The van der Waals surface area contributed by atoms with Crippen molar-refractivity contribution in [2.75, 3.05) is 18.4 Å². The Hall–Kier alpha value is -1.85. The highest BCUT2D eigenvalue weighted by Crippen LogP contribution is 2.29. The van der Waals surface area contributed by atoms with E-state index in [2.05, 4.69) is 10.4 Å². The zero-order valence-electron chi connectivity index (χ0n) is 13.4. The van der Waals surface area contributed by atoms with Gasteiger partial charge in [0.15, 0.2) is 0 Å². The van der Waals surface area contributed by atoms with Gasteiger partial charge in [0.05, 0.1) is 11.6 Å². The third-order valence-electron chi connectivity index (χ3n) is 4.76. The summed E-state index contributed by atoms with van der Waals surface area (Å²) >= 11 is 0. The summed E-state index contributed by atoms with van der Waals surface area (Å²) in [5.74, 6) is 0.887. The molecule has 1 unspecified atom stereocenters. The second kappa shape index (κ2) is 6.10. The number of carbonyl (C=O) groups excluding carboxylic acids is 2. The van der Waals surface area contributed by atoms with E-state index in [-0.39, 0.29) is 17.7 Å². The Morgan fingerprint density at radius 3 is 2.91 bits per heavy atom. The maximum Gasteiger partial charge on any atom is 0.230 e. The lowest BCUT2D eigenvalue weighted by molar-refractivity contribution is -0.134. The summed E-state index contributed by atoms with van der Waals surface area (Å²) in [6, 6.07) is 0.